The van der Waals surface area contributed by atoms with E-state index in [9.17, 15) is 4.39 Å². The number of hydrogen-bond donors (Lipinski definition) is 1. The average molecular weight is 496 g/mol. The first-order valence-electron chi connectivity index (χ1n) is 10.5. The third kappa shape index (κ3) is 5.88. The highest BCUT2D eigenvalue weighted by atomic mass is 35.5. The van der Waals surface area contributed by atoms with Gasteiger partial charge in [0.2, 0.25) is 0 Å². The van der Waals surface area contributed by atoms with Gasteiger partial charge in [-0.05, 0) is 54.6 Å². The van der Waals surface area contributed by atoms with E-state index >= 15 is 0 Å². The zero-order chi connectivity index (χ0) is 22.6. The number of rotatable bonds is 9. The molecule has 0 bridgehead atoms. The van der Waals surface area contributed by atoms with Crippen molar-refractivity contribution in [3.05, 3.63) is 57.8 Å². The number of nitriles is 1. The number of nitrogens with zero attached hydrogens (tertiary/aromatic N) is 2. The summed E-state index contributed by atoms with van der Waals surface area (Å²) >= 11 is 13.9. The fourth-order valence-electron chi connectivity index (χ4n) is 3.91. The van der Waals surface area contributed by atoms with E-state index in [0.29, 0.717) is 28.3 Å². The molecule has 1 atom stereocenters. The molecule has 1 N–H and O–H groups in total. The number of halogens is 3. The molecule has 2 heterocycles. The van der Waals surface area contributed by atoms with Crippen LogP contribution in [0.1, 0.15) is 12.0 Å². The van der Waals surface area contributed by atoms with Gasteiger partial charge in [0, 0.05) is 54.2 Å². The highest BCUT2D eigenvalue weighted by molar-refractivity contribution is 7.97. The first-order valence-corrected chi connectivity index (χ1v) is 12.0. The van der Waals surface area contributed by atoms with Crippen LogP contribution in [0.15, 0.2) is 41.3 Å². The zero-order valence-electron chi connectivity index (χ0n) is 17.5. The van der Waals surface area contributed by atoms with Crippen LogP contribution >= 0.6 is 35.1 Å². The molecule has 2 saturated heterocycles. The Bertz CT molecular complexity index is 992. The fourth-order valence-corrected chi connectivity index (χ4v) is 5.65. The molecule has 2 aromatic rings. The Labute approximate surface area is 201 Å². The molecule has 2 aromatic carbocycles. The van der Waals surface area contributed by atoms with Crippen LogP contribution in [0.25, 0.3) is 0 Å². The summed E-state index contributed by atoms with van der Waals surface area (Å²) < 4.78 is 27.6. The van der Waals surface area contributed by atoms with E-state index in [2.05, 4.69) is 9.62 Å². The van der Waals surface area contributed by atoms with Gasteiger partial charge in [-0.25, -0.2) is 8.70 Å². The summed E-state index contributed by atoms with van der Waals surface area (Å²) in [4.78, 5) is 0.954. The Morgan fingerprint density at radius 1 is 1.28 bits per heavy atom. The van der Waals surface area contributed by atoms with Crippen LogP contribution in [-0.4, -0.2) is 50.3 Å². The van der Waals surface area contributed by atoms with E-state index in [1.54, 1.807) is 24.1 Å². The molecule has 0 saturated carbocycles. The number of hydrogen-bond acceptors (Lipinski definition) is 6. The molecule has 0 aliphatic carbocycles. The molecule has 0 radical (unpaired) electrons. The summed E-state index contributed by atoms with van der Waals surface area (Å²) in [5.74, 6) is 0.400. The number of ether oxygens (including phenoxy) is 2. The molecule has 2 aliphatic heterocycles. The zero-order valence-corrected chi connectivity index (χ0v) is 19.8. The van der Waals surface area contributed by atoms with Gasteiger partial charge in [-0.3, -0.25) is 0 Å². The summed E-state index contributed by atoms with van der Waals surface area (Å²) in [6.45, 7) is 5.36. The molecule has 0 spiro atoms. The van der Waals surface area contributed by atoms with E-state index in [1.807, 2.05) is 18.2 Å². The minimum Gasteiger partial charge on any atom is -0.493 e. The van der Waals surface area contributed by atoms with Gasteiger partial charge in [-0.15, -0.1) is 0 Å². The average Bonchev–Trinajstić information content (AvgIpc) is 3.26. The smallest absolute Gasteiger partial charge is 0.144 e. The molecule has 2 aliphatic rings. The summed E-state index contributed by atoms with van der Waals surface area (Å²) in [6, 6.07) is 11.7. The third-order valence-corrected chi connectivity index (χ3v) is 7.44. The van der Waals surface area contributed by atoms with Crippen molar-refractivity contribution in [1.82, 2.24) is 9.62 Å². The van der Waals surface area contributed by atoms with Crippen LogP contribution < -0.4 is 10.1 Å². The highest BCUT2D eigenvalue weighted by Crippen LogP contribution is 2.41. The van der Waals surface area contributed by atoms with Crippen LogP contribution in [0, 0.1) is 28.5 Å². The Hall–Kier alpha value is -1.53. The van der Waals surface area contributed by atoms with Crippen molar-refractivity contribution < 1.29 is 13.9 Å². The van der Waals surface area contributed by atoms with Gasteiger partial charge in [0.15, 0.2) is 0 Å². The van der Waals surface area contributed by atoms with Gasteiger partial charge in [0.05, 0.1) is 23.8 Å². The van der Waals surface area contributed by atoms with Crippen LogP contribution in [0.4, 0.5) is 4.39 Å². The molecule has 4 rings (SSSR count). The van der Waals surface area contributed by atoms with Crippen molar-refractivity contribution in [2.45, 2.75) is 11.3 Å². The molecular weight excluding hydrogens is 472 g/mol. The normalized spacial score (nSPS) is 20.0. The fraction of sp³-hybridized carbons (Fsp3) is 0.435. The van der Waals surface area contributed by atoms with E-state index in [4.69, 9.17) is 37.9 Å². The third-order valence-electron chi connectivity index (χ3n) is 5.71. The van der Waals surface area contributed by atoms with Crippen molar-refractivity contribution in [3.63, 3.8) is 0 Å². The molecular formula is C23H24Cl2FN3O2S. The van der Waals surface area contributed by atoms with Crippen molar-refractivity contribution in [2.24, 2.45) is 11.3 Å². The molecule has 0 aromatic heterocycles. The second-order valence-corrected chi connectivity index (χ2v) is 10.3. The minimum atomic E-state index is -0.568. The van der Waals surface area contributed by atoms with Crippen molar-refractivity contribution in [2.75, 3.05) is 46.0 Å². The molecule has 170 valence electrons. The maximum absolute atomic E-state index is 14.0. The quantitative estimate of drug-likeness (QED) is 0.493. The SMILES string of the molecule is N#Cc1ccc(OCC2(CNCC3CCOC3)CN(Sc3ccc(Cl)cc3Cl)C2)cc1F. The summed E-state index contributed by atoms with van der Waals surface area (Å²) in [5, 5.41) is 13.7. The molecule has 1 unspecified atom stereocenters. The van der Waals surface area contributed by atoms with E-state index in [1.165, 1.54) is 12.1 Å². The molecule has 32 heavy (non-hydrogen) atoms. The predicted octanol–water partition coefficient (Wildman–Crippen LogP) is 5.02. The second-order valence-electron chi connectivity index (χ2n) is 8.37. The van der Waals surface area contributed by atoms with Gasteiger partial charge >= 0.3 is 0 Å². The Morgan fingerprint density at radius 2 is 2.12 bits per heavy atom. The van der Waals surface area contributed by atoms with Crippen molar-refractivity contribution in [1.29, 1.82) is 5.26 Å². The summed E-state index contributed by atoms with van der Waals surface area (Å²) in [5.41, 5.74) is -0.103. The monoisotopic (exact) mass is 495 g/mol. The molecule has 5 nitrogen and oxygen atoms in total. The molecule has 0 amide bonds. The largest absolute Gasteiger partial charge is 0.493 e. The Kier molecular flexibility index (Phi) is 7.83. The van der Waals surface area contributed by atoms with Gasteiger partial charge in [0.1, 0.15) is 17.6 Å². The van der Waals surface area contributed by atoms with Gasteiger partial charge in [0.25, 0.3) is 0 Å². The number of nitrogens with one attached hydrogen (secondary N) is 1. The lowest BCUT2D eigenvalue weighted by Crippen LogP contribution is -2.60. The van der Waals surface area contributed by atoms with Crippen molar-refractivity contribution in [3.8, 4) is 11.8 Å². The maximum Gasteiger partial charge on any atom is 0.144 e. The lowest BCUT2D eigenvalue weighted by Gasteiger charge is -2.49. The lowest BCUT2D eigenvalue weighted by atomic mass is 9.82. The molecule has 9 heteroatoms. The topological polar surface area (TPSA) is 57.5 Å². The predicted molar refractivity (Wildman–Crippen MR) is 125 cm³/mol. The Balaban J connectivity index is 1.37. The molecule has 2 fully saturated rings. The van der Waals surface area contributed by atoms with E-state index in [0.717, 1.165) is 50.7 Å². The maximum atomic E-state index is 14.0. The lowest BCUT2D eigenvalue weighted by molar-refractivity contribution is 0.0249. The van der Waals surface area contributed by atoms with Crippen molar-refractivity contribution >= 4 is 35.1 Å². The Morgan fingerprint density at radius 3 is 2.81 bits per heavy atom. The van der Waals surface area contributed by atoms with E-state index < -0.39 is 5.82 Å². The number of benzene rings is 2. The highest BCUT2D eigenvalue weighted by Gasteiger charge is 2.44. The van der Waals surface area contributed by atoms with Crippen LogP contribution in [0.5, 0.6) is 5.75 Å². The summed E-state index contributed by atoms with van der Waals surface area (Å²) in [7, 11) is 0. The van der Waals surface area contributed by atoms with Gasteiger partial charge in [-0.2, -0.15) is 5.26 Å². The first-order chi connectivity index (χ1) is 15.5. The van der Waals surface area contributed by atoms with E-state index in [-0.39, 0.29) is 11.0 Å². The second kappa shape index (κ2) is 10.6. The summed E-state index contributed by atoms with van der Waals surface area (Å²) in [6.07, 6.45) is 1.08. The van der Waals surface area contributed by atoms with Crippen LogP contribution in [0.2, 0.25) is 10.0 Å². The van der Waals surface area contributed by atoms with Crippen LogP contribution in [0.3, 0.4) is 0 Å². The van der Waals surface area contributed by atoms with Crippen LogP contribution in [-0.2, 0) is 4.74 Å². The first kappa shape index (κ1) is 23.6. The minimum absolute atomic E-state index is 0.0126. The van der Waals surface area contributed by atoms with Gasteiger partial charge in [-0.1, -0.05) is 23.2 Å². The standard InChI is InChI=1S/C23H24Cl2FN3O2S/c24-18-2-4-22(20(25)7-18)32-29-13-23(14-29,12-28-10-16-5-6-30-11-16)15-31-19-3-1-17(9-27)21(26)8-19/h1-4,7-8,16,28H,5-6,10-15H2. The van der Waals surface area contributed by atoms with Gasteiger partial charge < -0.3 is 14.8 Å².